The summed E-state index contributed by atoms with van der Waals surface area (Å²) in [6.07, 6.45) is -3.34. The summed E-state index contributed by atoms with van der Waals surface area (Å²) in [6, 6.07) is 11.9. The molecule has 4 rings (SSSR count). The molecule has 13 heteroatoms. The fourth-order valence-corrected chi connectivity index (χ4v) is 5.43. The minimum atomic E-state index is -4.46. The van der Waals surface area contributed by atoms with Gasteiger partial charge in [0.25, 0.3) is 5.91 Å². The number of benzene rings is 2. The zero-order valence-electron chi connectivity index (χ0n) is 22.0. The maximum Gasteiger partial charge on any atom is 0.416 e. The van der Waals surface area contributed by atoms with Crippen molar-refractivity contribution in [1.82, 2.24) is 10.3 Å². The third kappa shape index (κ3) is 7.14. The minimum Gasteiger partial charge on any atom is -0.489 e. The molecular weight excluding hydrogens is 566 g/mol. The van der Waals surface area contributed by atoms with Crippen molar-refractivity contribution in [2.75, 3.05) is 30.5 Å². The first-order chi connectivity index (χ1) is 19.4. The van der Waals surface area contributed by atoms with Crippen LogP contribution in [-0.4, -0.2) is 62.1 Å². The summed E-state index contributed by atoms with van der Waals surface area (Å²) in [5, 5.41) is 12.5. The number of rotatable bonds is 10. The summed E-state index contributed by atoms with van der Waals surface area (Å²) in [5.74, 6) is 0.0586. The van der Waals surface area contributed by atoms with Crippen LogP contribution in [0, 0.1) is 0 Å². The Morgan fingerprint density at radius 1 is 1.12 bits per heavy atom. The normalized spacial score (nSPS) is 18.2. The quantitative estimate of drug-likeness (QED) is 0.336. The largest absolute Gasteiger partial charge is 0.489 e. The molecule has 2 aromatic carbocycles. The highest BCUT2D eigenvalue weighted by Gasteiger charge is 2.35. The average Bonchev–Trinajstić information content (AvgIpc) is 3.38. The van der Waals surface area contributed by atoms with E-state index in [9.17, 15) is 35.9 Å². The maximum absolute atomic E-state index is 13.8. The summed E-state index contributed by atoms with van der Waals surface area (Å²) in [6.45, 7) is 0.650. The number of aliphatic hydroxyl groups is 1. The van der Waals surface area contributed by atoms with Crippen molar-refractivity contribution in [3.8, 4) is 5.75 Å². The van der Waals surface area contributed by atoms with Gasteiger partial charge in [0.1, 0.15) is 24.3 Å². The Morgan fingerprint density at radius 2 is 1.80 bits per heavy atom. The molecule has 1 fully saturated rings. The maximum atomic E-state index is 13.8. The highest BCUT2D eigenvalue weighted by molar-refractivity contribution is 7.91. The molecule has 0 radical (unpaired) electrons. The molecule has 2 N–H and O–H groups in total. The van der Waals surface area contributed by atoms with E-state index < -0.39 is 59.0 Å². The first-order valence-corrected chi connectivity index (χ1v) is 14.5. The number of sulfone groups is 1. The number of alkyl halides is 4. The highest BCUT2D eigenvalue weighted by Crippen LogP contribution is 2.32. The van der Waals surface area contributed by atoms with E-state index in [0.29, 0.717) is 11.4 Å². The second-order valence-corrected chi connectivity index (χ2v) is 11.8. The number of aliphatic hydroxyl groups excluding tert-OH is 1. The number of carbonyl (C=O) groups excluding carboxylic acids is 1. The second kappa shape index (κ2) is 12.4. The van der Waals surface area contributed by atoms with Gasteiger partial charge in [0.05, 0.1) is 47.0 Å². The molecule has 0 spiro atoms. The Morgan fingerprint density at radius 3 is 2.34 bits per heavy atom. The molecule has 0 saturated carbocycles. The van der Waals surface area contributed by atoms with Crippen LogP contribution in [-0.2, 0) is 16.0 Å². The van der Waals surface area contributed by atoms with Gasteiger partial charge < -0.3 is 20.1 Å². The molecule has 1 aliphatic heterocycles. The van der Waals surface area contributed by atoms with Crippen molar-refractivity contribution in [3.63, 3.8) is 0 Å². The first kappa shape index (κ1) is 30.3. The summed E-state index contributed by atoms with van der Waals surface area (Å²) in [5.41, 5.74) is -0.0909. The Hall–Kier alpha value is -3.71. The van der Waals surface area contributed by atoms with Gasteiger partial charge in [0.2, 0.25) is 0 Å². The molecule has 0 aliphatic carbocycles. The van der Waals surface area contributed by atoms with E-state index in [0.717, 1.165) is 12.1 Å². The SMILES string of the molecule is CCS(=O)(=O)c1ccc([C@H](CO)NC(=O)c2ccc(N3CC(Oc4ccc(C(F)(F)F)cc4)C[C@H]3CF)nc2)cc1. The lowest BCUT2D eigenvalue weighted by molar-refractivity contribution is -0.137. The fourth-order valence-electron chi connectivity index (χ4n) is 4.54. The van der Waals surface area contributed by atoms with Crippen molar-refractivity contribution < 1.29 is 40.6 Å². The van der Waals surface area contributed by atoms with Gasteiger partial charge in [0.15, 0.2) is 9.84 Å². The van der Waals surface area contributed by atoms with E-state index in [1.807, 2.05) is 0 Å². The number of halogens is 4. The number of carbonyl (C=O) groups is 1. The molecule has 0 bridgehead atoms. The highest BCUT2D eigenvalue weighted by atomic mass is 32.2. The van der Waals surface area contributed by atoms with Gasteiger partial charge in [-0.3, -0.25) is 4.79 Å². The average molecular weight is 596 g/mol. The molecule has 1 aromatic heterocycles. The number of nitrogens with zero attached hydrogens (tertiary/aromatic N) is 2. The van der Waals surface area contributed by atoms with Crippen LogP contribution in [0.25, 0.3) is 0 Å². The third-order valence-corrected chi connectivity index (χ3v) is 8.60. The number of aromatic nitrogens is 1. The van der Waals surface area contributed by atoms with Crippen molar-refractivity contribution >= 4 is 21.6 Å². The molecular formula is C28H29F4N3O5S. The lowest BCUT2D eigenvalue weighted by Crippen LogP contribution is -2.33. The van der Waals surface area contributed by atoms with E-state index in [1.54, 1.807) is 11.0 Å². The number of anilines is 1. The topological polar surface area (TPSA) is 109 Å². The monoisotopic (exact) mass is 595 g/mol. The molecule has 1 amide bonds. The molecule has 2 heterocycles. The predicted molar refractivity (Wildman–Crippen MR) is 143 cm³/mol. The van der Waals surface area contributed by atoms with E-state index in [1.165, 1.54) is 55.6 Å². The molecule has 220 valence electrons. The zero-order valence-corrected chi connectivity index (χ0v) is 22.8. The van der Waals surface area contributed by atoms with Crippen molar-refractivity contribution in [2.24, 2.45) is 0 Å². The molecule has 1 saturated heterocycles. The number of ether oxygens (including phenoxy) is 1. The lowest BCUT2D eigenvalue weighted by atomic mass is 10.1. The summed E-state index contributed by atoms with van der Waals surface area (Å²) >= 11 is 0. The summed E-state index contributed by atoms with van der Waals surface area (Å²) in [7, 11) is -3.39. The van der Waals surface area contributed by atoms with Crippen LogP contribution in [0.5, 0.6) is 5.75 Å². The van der Waals surface area contributed by atoms with Gasteiger partial charge in [-0.15, -0.1) is 0 Å². The van der Waals surface area contributed by atoms with Gasteiger partial charge in [-0.05, 0) is 54.1 Å². The van der Waals surface area contributed by atoms with Crippen LogP contribution in [0.15, 0.2) is 71.8 Å². The van der Waals surface area contributed by atoms with Crippen LogP contribution in [0.3, 0.4) is 0 Å². The Bertz CT molecular complexity index is 1430. The number of amides is 1. The third-order valence-electron chi connectivity index (χ3n) is 6.85. The van der Waals surface area contributed by atoms with Crippen LogP contribution < -0.4 is 15.0 Å². The minimum absolute atomic E-state index is 0.0498. The number of hydrogen-bond donors (Lipinski definition) is 2. The van der Waals surface area contributed by atoms with Gasteiger partial charge in [-0.2, -0.15) is 13.2 Å². The van der Waals surface area contributed by atoms with Gasteiger partial charge in [0, 0.05) is 12.6 Å². The molecule has 3 atom stereocenters. The van der Waals surface area contributed by atoms with Crippen LogP contribution >= 0.6 is 0 Å². The van der Waals surface area contributed by atoms with E-state index in [4.69, 9.17) is 4.74 Å². The van der Waals surface area contributed by atoms with E-state index >= 15 is 0 Å². The van der Waals surface area contributed by atoms with E-state index in [2.05, 4.69) is 10.3 Å². The Balaban J connectivity index is 1.39. The molecule has 1 unspecified atom stereocenters. The summed E-state index contributed by atoms with van der Waals surface area (Å²) in [4.78, 5) is 19.0. The molecule has 3 aromatic rings. The van der Waals surface area contributed by atoms with Crippen LogP contribution in [0.1, 0.15) is 40.9 Å². The number of pyridine rings is 1. The Labute approximate surface area is 234 Å². The van der Waals surface area contributed by atoms with Crippen molar-refractivity contribution in [1.29, 1.82) is 0 Å². The standard InChI is InChI=1S/C28H29F4N3O5S/c1-2-41(38,39)24-10-3-18(4-11-24)25(17-36)34-27(37)19-5-12-26(33-15-19)35-16-23(13-21(35)14-29)40-22-8-6-20(7-9-22)28(30,31)32/h3-12,15,21,23,25,36H,2,13-14,16-17H2,1H3,(H,34,37)/t21-,23?,25-/m0/s1. The second-order valence-electron chi connectivity index (χ2n) is 9.54. The first-order valence-electron chi connectivity index (χ1n) is 12.8. The van der Waals surface area contributed by atoms with Gasteiger partial charge >= 0.3 is 6.18 Å². The predicted octanol–water partition coefficient (Wildman–Crippen LogP) is 4.35. The van der Waals surface area contributed by atoms with Gasteiger partial charge in [-0.1, -0.05) is 19.1 Å². The zero-order chi connectivity index (χ0) is 29.8. The molecule has 1 aliphatic rings. The van der Waals surface area contributed by atoms with Crippen molar-refractivity contribution in [2.45, 2.75) is 42.6 Å². The van der Waals surface area contributed by atoms with Crippen molar-refractivity contribution in [3.05, 3.63) is 83.6 Å². The molecule has 8 nitrogen and oxygen atoms in total. The number of hydrogen-bond acceptors (Lipinski definition) is 7. The fraction of sp³-hybridized carbons (Fsp3) is 0.357. The van der Waals surface area contributed by atoms with Crippen LogP contribution in [0.4, 0.5) is 23.4 Å². The van der Waals surface area contributed by atoms with Gasteiger partial charge in [-0.25, -0.2) is 17.8 Å². The Kier molecular flexibility index (Phi) is 9.17. The smallest absolute Gasteiger partial charge is 0.416 e. The molecule has 41 heavy (non-hydrogen) atoms. The number of nitrogens with one attached hydrogen (secondary N) is 1. The lowest BCUT2D eigenvalue weighted by Gasteiger charge is -2.23. The van der Waals surface area contributed by atoms with Crippen LogP contribution in [0.2, 0.25) is 0 Å². The summed E-state index contributed by atoms with van der Waals surface area (Å²) < 4.78 is 82.1. The van der Waals surface area contributed by atoms with E-state index in [-0.39, 0.29) is 34.9 Å².